The van der Waals surface area contributed by atoms with Gasteiger partial charge in [0.25, 0.3) is 0 Å². The first-order chi connectivity index (χ1) is 14.2. The molecule has 0 bridgehead atoms. The van der Waals surface area contributed by atoms with Crippen LogP contribution in [0.1, 0.15) is 25.0 Å². The average Bonchev–Trinajstić information content (AvgIpc) is 2.68. The van der Waals surface area contributed by atoms with E-state index in [1.807, 2.05) is 48.5 Å². The first-order valence-corrected chi connectivity index (χ1v) is 11.4. The molecule has 0 saturated heterocycles. The van der Waals surface area contributed by atoms with Gasteiger partial charge in [0.05, 0.1) is 0 Å². The van der Waals surface area contributed by atoms with Crippen molar-refractivity contribution in [3.05, 3.63) is 90.0 Å². The summed E-state index contributed by atoms with van der Waals surface area (Å²) in [6, 6.07) is 24.4. The Kier molecular flexibility index (Phi) is 7.42. The summed E-state index contributed by atoms with van der Waals surface area (Å²) in [5.74, 6) is 3.28. The predicted molar refractivity (Wildman–Crippen MR) is 121 cm³/mol. The van der Waals surface area contributed by atoms with Gasteiger partial charge < -0.3 is 4.74 Å². The van der Waals surface area contributed by atoms with Crippen molar-refractivity contribution in [3.63, 3.8) is 0 Å². The number of hydrogen-bond donors (Lipinski definition) is 0. The van der Waals surface area contributed by atoms with Gasteiger partial charge in [0.1, 0.15) is 11.5 Å². The normalized spacial score (nSPS) is 12.0. The second-order valence-electron chi connectivity index (χ2n) is 7.51. The van der Waals surface area contributed by atoms with E-state index >= 15 is 0 Å². The van der Waals surface area contributed by atoms with E-state index in [-0.39, 0.29) is 22.1 Å². The van der Waals surface area contributed by atoms with Gasteiger partial charge in [-0.3, -0.25) is 0 Å². The lowest BCUT2D eigenvalue weighted by Crippen LogP contribution is -2.20. The molecule has 3 aromatic rings. The molecule has 0 spiro atoms. The van der Waals surface area contributed by atoms with Crippen LogP contribution in [0, 0.1) is 0 Å². The second-order valence-corrected chi connectivity index (χ2v) is 9.64. The van der Waals surface area contributed by atoms with E-state index in [0.717, 1.165) is 28.6 Å². The molecule has 158 valence electrons. The molecule has 0 aromatic heterocycles. The van der Waals surface area contributed by atoms with Crippen LogP contribution in [-0.2, 0) is 11.2 Å². The van der Waals surface area contributed by atoms with E-state index in [2.05, 4.69) is 19.9 Å². The Morgan fingerprint density at radius 2 is 1.47 bits per heavy atom. The molecule has 0 aliphatic carbocycles. The minimum absolute atomic E-state index is 0.0801. The van der Waals surface area contributed by atoms with Crippen molar-refractivity contribution >= 4 is 23.5 Å². The topological polar surface area (TPSA) is 9.23 Å². The molecule has 1 nitrogen and oxygen atoms in total. The molecule has 0 aliphatic heterocycles. The quantitative estimate of drug-likeness (QED) is 0.321. The number of ether oxygens (including phenoxy) is 1. The van der Waals surface area contributed by atoms with Crippen LogP contribution < -0.4 is 4.74 Å². The van der Waals surface area contributed by atoms with Crippen molar-refractivity contribution in [1.82, 2.24) is 0 Å². The van der Waals surface area contributed by atoms with E-state index in [4.69, 9.17) is 4.74 Å². The molecule has 3 rings (SSSR count). The highest BCUT2D eigenvalue weighted by Gasteiger charge is 2.29. The lowest BCUT2D eigenvalue weighted by molar-refractivity contribution is -0.0328. The first kappa shape index (κ1) is 22.6. The second kappa shape index (κ2) is 9.84. The van der Waals surface area contributed by atoms with Crippen molar-refractivity contribution in [1.29, 1.82) is 0 Å². The van der Waals surface area contributed by atoms with Crippen LogP contribution >= 0.6 is 23.5 Å². The van der Waals surface area contributed by atoms with Gasteiger partial charge in [0, 0.05) is 16.4 Å². The Labute approximate surface area is 184 Å². The van der Waals surface area contributed by atoms with Gasteiger partial charge in [-0.25, -0.2) is 0 Å². The van der Waals surface area contributed by atoms with Crippen molar-refractivity contribution in [2.45, 2.75) is 35.4 Å². The van der Waals surface area contributed by atoms with E-state index in [1.165, 1.54) is 5.56 Å². The molecule has 30 heavy (non-hydrogen) atoms. The summed E-state index contributed by atoms with van der Waals surface area (Å²) in [5, 5.41) is 0. The van der Waals surface area contributed by atoms with E-state index in [9.17, 15) is 13.2 Å². The zero-order valence-electron chi connectivity index (χ0n) is 16.8. The third kappa shape index (κ3) is 7.03. The third-order valence-corrected chi connectivity index (χ3v) is 6.68. The fourth-order valence-corrected chi connectivity index (χ4v) is 4.67. The van der Waals surface area contributed by atoms with Gasteiger partial charge in [0.2, 0.25) is 0 Å². The number of alkyl halides is 3. The first-order valence-electron chi connectivity index (χ1n) is 9.47. The molecular weight excluding hydrogens is 425 g/mol. The van der Waals surface area contributed by atoms with Crippen LogP contribution in [0.5, 0.6) is 11.5 Å². The lowest BCUT2D eigenvalue weighted by atomic mass is 9.87. The minimum Gasteiger partial charge on any atom is -0.457 e. The minimum atomic E-state index is -4.26. The molecule has 0 fully saturated rings. The number of benzene rings is 3. The van der Waals surface area contributed by atoms with Crippen molar-refractivity contribution in [2.24, 2.45) is 0 Å². The Hall–Kier alpha value is -2.05. The molecule has 0 aliphatic rings. The van der Waals surface area contributed by atoms with Gasteiger partial charge in [-0.1, -0.05) is 56.3 Å². The van der Waals surface area contributed by atoms with Crippen molar-refractivity contribution in [3.8, 4) is 11.5 Å². The van der Waals surface area contributed by atoms with E-state index in [0.29, 0.717) is 0 Å². The Morgan fingerprint density at radius 1 is 0.800 bits per heavy atom. The maximum atomic E-state index is 12.5. The summed E-state index contributed by atoms with van der Waals surface area (Å²) in [4.78, 5) is 0.213. The molecule has 0 amide bonds. The molecule has 0 atom stereocenters. The van der Waals surface area contributed by atoms with Crippen LogP contribution in [0.25, 0.3) is 0 Å². The predicted octanol–water partition coefficient (Wildman–Crippen LogP) is 8.30. The van der Waals surface area contributed by atoms with E-state index < -0.39 is 5.51 Å². The molecule has 3 aromatic carbocycles. The largest absolute Gasteiger partial charge is 0.457 e. The average molecular weight is 449 g/mol. The summed E-state index contributed by atoms with van der Waals surface area (Å²) in [7, 11) is 0. The number of halogens is 3. The lowest BCUT2D eigenvalue weighted by Gasteiger charge is -2.25. The van der Waals surface area contributed by atoms with Gasteiger partial charge >= 0.3 is 5.51 Å². The monoisotopic (exact) mass is 448 g/mol. The smallest absolute Gasteiger partial charge is 0.446 e. The fraction of sp³-hybridized carbons (Fsp3) is 0.250. The van der Waals surface area contributed by atoms with Crippen molar-refractivity contribution in [2.75, 3.05) is 5.75 Å². The standard InChI is InChI=1S/C24H23F3OS2/c1-23(2,19-11-13-22(14-12-19)30-24(25,26)27)17-29-16-18-7-6-10-21(15-18)28-20-8-4-3-5-9-20/h3-15H,16-17H2,1-2H3. The van der Waals surface area contributed by atoms with E-state index in [1.54, 1.807) is 36.0 Å². The maximum absolute atomic E-state index is 12.5. The number of rotatable bonds is 8. The highest BCUT2D eigenvalue weighted by atomic mass is 32.2. The Bertz CT molecular complexity index is 939. The molecule has 0 unspecified atom stereocenters. The zero-order chi connectivity index (χ0) is 21.6. The number of hydrogen-bond acceptors (Lipinski definition) is 3. The van der Waals surface area contributed by atoms with Gasteiger partial charge in [0.15, 0.2) is 0 Å². The van der Waals surface area contributed by atoms with Crippen molar-refractivity contribution < 1.29 is 17.9 Å². The summed E-state index contributed by atoms with van der Waals surface area (Å²) in [6.07, 6.45) is 0. The third-order valence-electron chi connectivity index (χ3n) is 4.48. The van der Waals surface area contributed by atoms with Gasteiger partial charge in [-0.05, 0) is 64.7 Å². The molecule has 6 heteroatoms. The summed E-state index contributed by atoms with van der Waals surface area (Å²) in [6.45, 7) is 4.22. The zero-order valence-corrected chi connectivity index (χ0v) is 18.4. The summed E-state index contributed by atoms with van der Waals surface area (Å²) in [5.41, 5.74) is -2.21. The molecular formula is C24H23F3OS2. The van der Waals surface area contributed by atoms with Crippen LogP contribution in [0.3, 0.4) is 0 Å². The molecule has 0 saturated carbocycles. The highest BCUT2D eigenvalue weighted by Crippen LogP contribution is 2.38. The highest BCUT2D eigenvalue weighted by molar-refractivity contribution is 8.00. The van der Waals surface area contributed by atoms with Gasteiger partial charge in [-0.2, -0.15) is 24.9 Å². The van der Waals surface area contributed by atoms with Crippen LogP contribution in [0.2, 0.25) is 0 Å². The van der Waals surface area contributed by atoms with Crippen LogP contribution in [0.4, 0.5) is 13.2 Å². The van der Waals surface area contributed by atoms with Crippen LogP contribution in [-0.4, -0.2) is 11.3 Å². The van der Waals surface area contributed by atoms with Crippen LogP contribution in [0.15, 0.2) is 83.8 Å². The van der Waals surface area contributed by atoms with Gasteiger partial charge in [-0.15, -0.1) is 0 Å². The maximum Gasteiger partial charge on any atom is 0.446 e. The number of thioether (sulfide) groups is 2. The SMILES string of the molecule is CC(C)(CSCc1cccc(Oc2ccccc2)c1)c1ccc(SC(F)(F)F)cc1. The summed E-state index contributed by atoms with van der Waals surface area (Å²) < 4.78 is 43.4. The summed E-state index contributed by atoms with van der Waals surface area (Å²) >= 11 is 1.72. The Balaban J connectivity index is 1.55. The fourth-order valence-electron chi connectivity index (χ4n) is 2.94. The number of para-hydroxylation sites is 1. The Morgan fingerprint density at radius 3 is 2.13 bits per heavy atom. The molecule has 0 N–H and O–H groups in total. The molecule has 0 heterocycles. The molecule has 0 radical (unpaired) electrons.